The Bertz CT molecular complexity index is 698. The van der Waals surface area contributed by atoms with Crippen molar-refractivity contribution in [3.05, 3.63) is 71.5 Å². The van der Waals surface area contributed by atoms with Gasteiger partial charge in [-0.05, 0) is 0 Å². The molecule has 0 fully saturated rings. The van der Waals surface area contributed by atoms with E-state index in [1.807, 2.05) is 18.2 Å². The molecule has 0 amide bonds. The zero-order chi connectivity index (χ0) is 20.2. The molecule has 0 aliphatic heterocycles. The fourth-order valence-electron chi connectivity index (χ4n) is 4.24. The van der Waals surface area contributed by atoms with Gasteiger partial charge in [-0.25, -0.2) is 0 Å². The molecule has 0 aliphatic rings. The summed E-state index contributed by atoms with van der Waals surface area (Å²) in [5.74, 6) is -0.0461. The van der Waals surface area contributed by atoms with Crippen molar-refractivity contribution in [1.29, 1.82) is 0 Å². The van der Waals surface area contributed by atoms with E-state index in [-0.39, 0.29) is 5.82 Å². The van der Waals surface area contributed by atoms with E-state index in [1.54, 1.807) is 6.07 Å². The third-order valence-electron chi connectivity index (χ3n) is 5.87. The fourth-order valence-corrected chi connectivity index (χ4v) is 21.1. The monoisotopic (exact) mass is 488 g/mol. The maximum atomic E-state index is 15.0. The summed E-state index contributed by atoms with van der Waals surface area (Å²) in [4.78, 5) is 0. The summed E-state index contributed by atoms with van der Waals surface area (Å²) in [5.41, 5.74) is 2.09. The summed E-state index contributed by atoms with van der Waals surface area (Å²) >= 11 is -2.78. The van der Waals surface area contributed by atoms with Gasteiger partial charge in [0.2, 0.25) is 0 Å². The Labute approximate surface area is 176 Å². The van der Waals surface area contributed by atoms with E-state index in [0.29, 0.717) is 0 Å². The summed E-state index contributed by atoms with van der Waals surface area (Å²) in [5, 5.41) is 0. The fraction of sp³-hybridized carbons (Fsp3) is 0.462. The van der Waals surface area contributed by atoms with Crippen molar-refractivity contribution in [3.63, 3.8) is 0 Å². The van der Waals surface area contributed by atoms with Crippen LogP contribution in [0.15, 0.2) is 54.6 Å². The van der Waals surface area contributed by atoms with Gasteiger partial charge < -0.3 is 0 Å². The van der Waals surface area contributed by atoms with Crippen LogP contribution in [-0.4, -0.2) is 18.4 Å². The van der Waals surface area contributed by atoms with Gasteiger partial charge in [0.15, 0.2) is 0 Å². The van der Waals surface area contributed by atoms with Crippen LogP contribution in [-0.2, 0) is 0 Å². The standard InChI is InChI=1S/C14H10F.3C4H9.Sn/c15-14-9-5-4-8-13(14)11-10-12-6-2-1-3-7-12;3*1-3-4-2;/h1-10H;3*1,3-4H2,2H3;. The average Bonchev–Trinajstić information content (AvgIpc) is 2.73. The van der Waals surface area contributed by atoms with Crippen molar-refractivity contribution < 1.29 is 4.39 Å². The molecular weight excluding hydrogens is 450 g/mol. The van der Waals surface area contributed by atoms with Gasteiger partial charge in [-0.2, -0.15) is 0 Å². The molecule has 0 saturated carbocycles. The Morgan fingerprint density at radius 1 is 0.750 bits per heavy atom. The second-order valence-electron chi connectivity index (χ2n) is 8.04. The first kappa shape index (κ1) is 23.2. The minimum absolute atomic E-state index is 0.0461. The van der Waals surface area contributed by atoms with Crippen LogP contribution in [0.25, 0.3) is 9.67 Å². The SMILES string of the molecule is CCC[CH2][Sn]([CH2]CCC)([CH2]CCC)/[C](=C/c1ccccc1)c1ccccc1F. The van der Waals surface area contributed by atoms with Gasteiger partial charge >= 0.3 is 177 Å². The van der Waals surface area contributed by atoms with Crippen molar-refractivity contribution >= 4 is 28.0 Å². The van der Waals surface area contributed by atoms with Crippen LogP contribution in [0.2, 0.25) is 13.3 Å². The molecule has 0 nitrogen and oxygen atoms in total. The van der Waals surface area contributed by atoms with E-state index in [9.17, 15) is 0 Å². The van der Waals surface area contributed by atoms with Gasteiger partial charge in [-0.15, -0.1) is 0 Å². The molecule has 0 unspecified atom stereocenters. The molecule has 0 atom stereocenters. The molecule has 2 aromatic rings. The molecule has 2 heteroatoms. The second kappa shape index (κ2) is 12.5. The topological polar surface area (TPSA) is 0 Å². The molecule has 0 heterocycles. The van der Waals surface area contributed by atoms with E-state index in [2.05, 4.69) is 57.2 Å². The molecule has 152 valence electrons. The van der Waals surface area contributed by atoms with Crippen LogP contribution < -0.4 is 0 Å². The minimum atomic E-state index is -2.78. The molecule has 2 aromatic carbocycles. The molecule has 0 saturated heterocycles. The van der Waals surface area contributed by atoms with Crippen LogP contribution >= 0.6 is 0 Å². The van der Waals surface area contributed by atoms with Crippen molar-refractivity contribution in [2.24, 2.45) is 0 Å². The number of rotatable bonds is 12. The van der Waals surface area contributed by atoms with Gasteiger partial charge in [-0.1, -0.05) is 0 Å². The number of benzene rings is 2. The van der Waals surface area contributed by atoms with E-state index in [0.717, 1.165) is 5.56 Å². The first-order valence-corrected chi connectivity index (χ1v) is 18.7. The normalized spacial score (nSPS) is 12.4. The van der Waals surface area contributed by atoms with Crippen LogP contribution in [0.1, 0.15) is 70.4 Å². The van der Waals surface area contributed by atoms with Crippen LogP contribution in [0.4, 0.5) is 4.39 Å². The van der Waals surface area contributed by atoms with Crippen molar-refractivity contribution in [3.8, 4) is 0 Å². The quantitative estimate of drug-likeness (QED) is 0.207. The maximum absolute atomic E-state index is 15.0. The van der Waals surface area contributed by atoms with Crippen LogP contribution in [0.3, 0.4) is 0 Å². The predicted octanol–water partition coefficient (Wildman–Crippen LogP) is 8.75. The Morgan fingerprint density at radius 3 is 1.75 bits per heavy atom. The zero-order valence-corrected chi connectivity index (χ0v) is 20.9. The number of hydrogen-bond acceptors (Lipinski definition) is 0. The third-order valence-corrected chi connectivity index (χ3v) is 21.5. The van der Waals surface area contributed by atoms with Gasteiger partial charge in [0.25, 0.3) is 0 Å². The zero-order valence-electron chi connectivity index (χ0n) is 18.0. The summed E-state index contributed by atoms with van der Waals surface area (Å²) < 4.78 is 20.5. The molecule has 0 radical (unpaired) electrons. The second-order valence-corrected chi connectivity index (χ2v) is 21.2. The van der Waals surface area contributed by atoms with Gasteiger partial charge in [0.1, 0.15) is 0 Å². The molecule has 0 N–H and O–H groups in total. The summed E-state index contributed by atoms with van der Waals surface area (Å²) in [6.45, 7) is 6.87. The molecule has 0 spiro atoms. The van der Waals surface area contributed by atoms with Crippen molar-refractivity contribution in [1.82, 2.24) is 0 Å². The van der Waals surface area contributed by atoms with Crippen molar-refractivity contribution in [2.75, 3.05) is 0 Å². The number of unbranched alkanes of at least 4 members (excludes halogenated alkanes) is 3. The molecular formula is C26H37FSn. The van der Waals surface area contributed by atoms with Gasteiger partial charge in [-0.3, -0.25) is 0 Å². The van der Waals surface area contributed by atoms with Crippen LogP contribution in [0.5, 0.6) is 0 Å². The Balaban J connectivity index is 2.64. The first-order valence-electron chi connectivity index (χ1n) is 11.2. The Hall–Kier alpha value is -1.09. The molecule has 0 aromatic heterocycles. The van der Waals surface area contributed by atoms with E-state index >= 15 is 4.39 Å². The number of halogens is 1. The summed E-state index contributed by atoms with van der Waals surface area (Å²) in [7, 11) is 0. The van der Waals surface area contributed by atoms with E-state index < -0.39 is 18.4 Å². The first-order chi connectivity index (χ1) is 13.7. The molecule has 2 rings (SSSR count). The Morgan fingerprint density at radius 2 is 1.25 bits per heavy atom. The van der Waals surface area contributed by atoms with Crippen LogP contribution in [0, 0.1) is 5.82 Å². The molecule has 0 bridgehead atoms. The molecule has 0 aliphatic carbocycles. The van der Waals surface area contributed by atoms with Crippen molar-refractivity contribution in [2.45, 2.75) is 72.6 Å². The average molecular weight is 487 g/mol. The van der Waals surface area contributed by atoms with E-state index in [4.69, 9.17) is 0 Å². The summed E-state index contributed by atoms with van der Waals surface area (Å²) in [6.07, 6.45) is 9.89. The third kappa shape index (κ3) is 6.47. The number of hydrogen-bond donors (Lipinski definition) is 0. The van der Waals surface area contributed by atoms with E-state index in [1.165, 1.54) is 61.0 Å². The van der Waals surface area contributed by atoms with Gasteiger partial charge in [0, 0.05) is 0 Å². The summed E-state index contributed by atoms with van der Waals surface area (Å²) in [6, 6.07) is 18.1. The van der Waals surface area contributed by atoms with Gasteiger partial charge in [0.05, 0.1) is 0 Å². The Kier molecular flexibility index (Phi) is 10.3. The predicted molar refractivity (Wildman–Crippen MR) is 126 cm³/mol. The molecule has 28 heavy (non-hydrogen) atoms.